The van der Waals surface area contributed by atoms with Crippen LogP contribution in [-0.2, 0) is 6.42 Å². The zero-order valence-corrected chi connectivity index (χ0v) is 27.4. The summed E-state index contributed by atoms with van der Waals surface area (Å²) in [5.74, 6) is 0.301. The minimum absolute atomic E-state index is 0.197. The van der Waals surface area contributed by atoms with Gasteiger partial charge >= 0.3 is 0 Å². The normalized spacial score (nSPS) is 17.7. The summed E-state index contributed by atoms with van der Waals surface area (Å²) in [7, 11) is 0. The van der Waals surface area contributed by atoms with Crippen molar-refractivity contribution in [1.82, 2.24) is 4.57 Å². The third kappa shape index (κ3) is 4.50. The summed E-state index contributed by atoms with van der Waals surface area (Å²) < 4.78 is 2.33. The number of anilines is 1. The predicted octanol–water partition coefficient (Wildman–Crippen LogP) is 10.5. The van der Waals surface area contributed by atoms with E-state index in [2.05, 4.69) is 157 Å². The lowest BCUT2D eigenvalue weighted by Gasteiger charge is -2.29. The first-order chi connectivity index (χ1) is 24.1. The second kappa shape index (κ2) is 11.1. The number of para-hydroxylation sites is 3. The van der Waals surface area contributed by atoms with Gasteiger partial charge in [0.25, 0.3) is 0 Å². The molecule has 2 heterocycles. The summed E-state index contributed by atoms with van der Waals surface area (Å²) in [4.78, 5) is 2.38. The van der Waals surface area contributed by atoms with Gasteiger partial charge in [0.1, 0.15) is 0 Å². The molecular formula is C45H32N4. The number of rotatable bonds is 5. The molecule has 232 valence electrons. The topological polar surface area (TPSA) is 55.8 Å². The van der Waals surface area contributed by atoms with Crippen molar-refractivity contribution in [2.75, 3.05) is 4.90 Å². The number of hydrogen-bond donors (Lipinski definition) is 0. The molecule has 0 saturated carbocycles. The van der Waals surface area contributed by atoms with Gasteiger partial charge in [-0.2, -0.15) is 10.5 Å². The number of hydrogen-bond acceptors (Lipinski definition) is 3. The van der Waals surface area contributed by atoms with E-state index in [-0.39, 0.29) is 6.04 Å². The molecule has 9 rings (SSSR count). The van der Waals surface area contributed by atoms with Crippen LogP contribution in [0.4, 0.5) is 5.69 Å². The summed E-state index contributed by atoms with van der Waals surface area (Å²) in [6, 6.07) is 41.2. The van der Waals surface area contributed by atoms with Crippen LogP contribution >= 0.6 is 0 Å². The molecule has 2 aliphatic carbocycles. The molecule has 4 nitrogen and oxygen atoms in total. The summed E-state index contributed by atoms with van der Waals surface area (Å²) in [5.41, 5.74) is 15.3. The lowest BCUT2D eigenvalue weighted by Crippen LogP contribution is -2.31. The molecule has 0 amide bonds. The second-order valence-electron chi connectivity index (χ2n) is 13.2. The van der Waals surface area contributed by atoms with Gasteiger partial charge < -0.3 is 9.47 Å². The van der Waals surface area contributed by atoms with Crippen LogP contribution in [0, 0.1) is 22.7 Å². The molecule has 0 radical (unpaired) electrons. The number of benzene rings is 5. The van der Waals surface area contributed by atoms with Gasteiger partial charge in [-0.1, -0.05) is 85.0 Å². The smallest absolute Gasteiger partial charge is 0.0995 e. The maximum Gasteiger partial charge on any atom is 0.0995 e. The number of aromatic nitrogens is 1. The molecule has 0 spiro atoms. The molecule has 2 atom stereocenters. The van der Waals surface area contributed by atoms with Crippen molar-refractivity contribution in [3.05, 3.63) is 173 Å². The Balaban J connectivity index is 1.16. The van der Waals surface area contributed by atoms with Crippen molar-refractivity contribution in [3.63, 3.8) is 0 Å². The van der Waals surface area contributed by atoms with Crippen molar-refractivity contribution in [1.29, 1.82) is 10.5 Å². The highest BCUT2D eigenvalue weighted by atomic mass is 15.2. The van der Waals surface area contributed by atoms with Gasteiger partial charge in [0.15, 0.2) is 0 Å². The molecule has 6 aromatic rings. The number of allylic oxidation sites excluding steroid dienone is 6. The lowest BCUT2D eigenvalue weighted by molar-refractivity contribution is 0.722. The van der Waals surface area contributed by atoms with Crippen LogP contribution in [0.5, 0.6) is 0 Å². The van der Waals surface area contributed by atoms with Crippen LogP contribution in [0.15, 0.2) is 145 Å². The van der Waals surface area contributed by atoms with Crippen LogP contribution in [0.1, 0.15) is 47.6 Å². The van der Waals surface area contributed by atoms with E-state index in [4.69, 9.17) is 0 Å². The van der Waals surface area contributed by atoms with Crippen LogP contribution in [0.2, 0.25) is 0 Å². The molecule has 0 bridgehead atoms. The van der Waals surface area contributed by atoms with E-state index in [0.717, 1.165) is 56.3 Å². The Morgan fingerprint density at radius 2 is 1.51 bits per heavy atom. The first-order valence-electron chi connectivity index (χ1n) is 16.8. The molecule has 1 aromatic heterocycles. The van der Waals surface area contributed by atoms with Crippen molar-refractivity contribution in [3.8, 4) is 29.0 Å². The number of nitrogens with zero attached hydrogens (tertiary/aromatic N) is 4. The second-order valence-corrected chi connectivity index (χ2v) is 13.2. The quantitative estimate of drug-likeness (QED) is 0.141. The first-order valence-corrected chi connectivity index (χ1v) is 16.8. The Bertz CT molecular complexity index is 2590. The van der Waals surface area contributed by atoms with E-state index in [0.29, 0.717) is 17.1 Å². The molecule has 3 aliphatic rings. The molecule has 0 fully saturated rings. The van der Waals surface area contributed by atoms with Crippen molar-refractivity contribution in [2.45, 2.75) is 32.2 Å². The summed E-state index contributed by atoms with van der Waals surface area (Å²) >= 11 is 0. The lowest BCUT2D eigenvalue weighted by atomic mass is 9.91. The van der Waals surface area contributed by atoms with Gasteiger partial charge in [0, 0.05) is 33.6 Å². The fourth-order valence-electron chi connectivity index (χ4n) is 8.04. The van der Waals surface area contributed by atoms with Crippen molar-refractivity contribution in [2.24, 2.45) is 0 Å². The fraction of sp³-hybridized carbons (Fsp3) is 0.111. The Morgan fingerprint density at radius 3 is 2.37 bits per heavy atom. The van der Waals surface area contributed by atoms with Gasteiger partial charge in [-0.3, -0.25) is 0 Å². The SMILES string of the molecule is C/C(=C(C#N)\C=C(/C)N1c2ccccc2C2C=CC=CC21)c1cc2c(c(-c3ccccc3-n3c4ccccc4c4cc(C#N)ccc43)c1)C2. The zero-order chi connectivity index (χ0) is 33.2. The van der Waals surface area contributed by atoms with Crippen LogP contribution in [-0.4, -0.2) is 10.6 Å². The highest BCUT2D eigenvalue weighted by molar-refractivity contribution is 6.10. The van der Waals surface area contributed by atoms with Crippen LogP contribution in [0.3, 0.4) is 0 Å². The van der Waals surface area contributed by atoms with Crippen LogP contribution < -0.4 is 4.90 Å². The van der Waals surface area contributed by atoms with Crippen molar-refractivity contribution >= 4 is 33.1 Å². The third-order valence-corrected chi connectivity index (χ3v) is 10.5. The van der Waals surface area contributed by atoms with Gasteiger partial charge in [-0.25, -0.2) is 0 Å². The molecule has 49 heavy (non-hydrogen) atoms. The van der Waals surface area contributed by atoms with Gasteiger partial charge in [-0.15, -0.1) is 0 Å². The van der Waals surface area contributed by atoms with E-state index < -0.39 is 0 Å². The maximum absolute atomic E-state index is 10.5. The number of nitriles is 2. The summed E-state index contributed by atoms with van der Waals surface area (Å²) in [6.45, 7) is 4.20. The van der Waals surface area contributed by atoms with Crippen LogP contribution in [0.25, 0.3) is 44.2 Å². The van der Waals surface area contributed by atoms with E-state index in [1.54, 1.807) is 0 Å². The zero-order valence-electron chi connectivity index (χ0n) is 27.4. The Labute approximate surface area is 286 Å². The van der Waals surface area contributed by atoms with Crippen molar-refractivity contribution < 1.29 is 0 Å². The molecule has 0 N–H and O–H groups in total. The Kier molecular flexibility index (Phi) is 6.54. The fourth-order valence-corrected chi connectivity index (χ4v) is 8.04. The average molecular weight is 629 g/mol. The average Bonchev–Trinajstić information content (AvgIpc) is 3.77. The highest BCUT2D eigenvalue weighted by Crippen LogP contribution is 2.47. The molecule has 4 heteroatoms. The maximum atomic E-state index is 10.5. The Morgan fingerprint density at radius 1 is 0.755 bits per heavy atom. The monoisotopic (exact) mass is 628 g/mol. The minimum Gasteiger partial charge on any atom is -0.337 e. The molecular weight excluding hydrogens is 597 g/mol. The number of fused-ring (bicyclic) bond motifs is 7. The molecule has 1 aliphatic heterocycles. The van der Waals surface area contributed by atoms with E-state index in [9.17, 15) is 10.5 Å². The first kappa shape index (κ1) is 28.8. The summed E-state index contributed by atoms with van der Waals surface area (Å²) in [5, 5.41) is 22.4. The highest BCUT2D eigenvalue weighted by Gasteiger charge is 2.37. The largest absolute Gasteiger partial charge is 0.337 e. The molecule has 5 aromatic carbocycles. The third-order valence-electron chi connectivity index (χ3n) is 10.5. The van der Waals surface area contributed by atoms with Gasteiger partial charge in [0.05, 0.1) is 46.0 Å². The van der Waals surface area contributed by atoms with E-state index >= 15 is 0 Å². The Hall–Kier alpha value is -6.36. The standard InChI is InChI=1S/C45H32N4/c1-28(48-41-15-7-3-11-34(41)35-12-4-8-16-42(35)48)21-33(27-47)29(2)31-23-32-25-38(32)39(24-31)36-13-5-9-17-43(36)49-44-18-10-6-14-37(44)40-22-30(26-46)19-20-45(40)49/h3-24,34,41H,25H2,1-2H3/b28-21+,33-29-. The van der Waals surface area contributed by atoms with E-state index in [1.807, 2.05) is 12.1 Å². The van der Waals surface area contributed by atoms with E-state index in [1.165, 1.54) is 27.9 Å². The van der Waals surface area contributed by atoms with Gasteiger partial charge in [-0.05, 0) is 102 Å². The summed E-state index contributed by atoms with van der Waals surface area (Å²) in [6.07, 6.45) is 11.8. The predicted molar refractivity (Wildman–Crippen MR) is 199 cm³/mol. The minimum atomic E-state index is 0.197. The molecule has 2 unspecified atom stereocenters. The molecule has 0 saturated heterocycles. The van der Waals surface area contributed by atoms with Gasteiger partial charge in [0.2, 0.25) is 0 Å².